The van der Waals surface area contributed by atoms with Crippen LogP contribution in [0.15, 0.2) is 24.4 Å². The van der Waals surface area contributed by atoms with Crippen molar-refractivity contribution in [3.05, 3.63) is 24.4 Å². The number of aromatic nitrogens is 1. The molecule has 0 spiro atoms. The molecule has 0 aliphatic carbocycles. The summed E-state index contributed by atoms with van der Waals surface area (Å²) in [6.45, 7) is 3.24. The van der Waals surface area contributed by atoms with Crippen LogP contribution in [0.5, 0.6) is 0 Å². The topological polar surface area (TPSA) is 24.9 Å². The molecule has 0 saturated carbocycles. The largest absolute Gasteiger partial charge is 0.370 e. The normalized spacial score (nSPS) is 9.75. The van der Waals surface area contributed by atoms with E-state index >= 15 is 0 Å². The van der Waals surface area contributed by atoms with Crippen LogP contribution in [0.1, 0.15) is 26.2 Å². The first kappa shape index (κ1) is 9.04. The lowest BCUT2D eigenvalue weighted by Gasteiger charge is -2.03. The molecule has 0 bridgehead atoms. The fourth-order valence-corrected chi connectivity index (χ4v) is 1.06. The number of pyridine rings is 1. The Kier molecular flexibility index (Phi) is 4.21. The summed E-state index contributed by atoms with van der Waals surface area (Å²) in [6.07, 6.45) is 5.60. The van der Waals surface area contributed by atoms with Gasteiger partial charge in [0.2, 0.25) is 0 Å². The third-order valence-corrected chi connectivity index (χ3v) is 1.75. The third kappa shape index (κ3) is 3.37. The first-order valence-corrected chi connectivity index (χ1v) is 4.58. The molecular formula is C10H16N2. The molecule has 0 atom stereocenters. The van der Waals surface area contributed by atoms with Gasteiger partial charge in [-0.2, -0.15) is 0 Å². The Morgan fingerprint density at radius 1 is 1.33 bits per heavy atom. The Hall–Kier alpha value is -1.05. The standard InChI is InChI=1S/C10H16N2/c1-2-3-5-8-11-10-7-4-6-9-12-10/h4,6-7,9H,2-3,5,8H2,1H3,(H,11,12). The molecule has 0 fully saturated rings. The maximum Gasteiger partial charge on any atom is 0.125 e. The average Bonchev–Trinajstić information content (AvgIpc) is 2.14. The minimum absolute atomic E-state index is 0.980. The lowest BCUT2D eigenvalue weighted by Crippen LogP contribution is -2.02. The van der Waals surface area contributed by atoms with E-state index in [9.17, 15) is 0 Å². The zero-order valence-electron chi connectivity index (χ0n) is 7.59. The van der Waals surface area contributed by atoms with Crippen molar-refractivity contribution in [2.24, 2.45) is 0 Å². The van der Waals surface area contributed by atoms with E-state index in [0.717, 1.165) is 12.4 Å². The van der Waals surface area contributed by atoms with E-state index in [4.69, 9.17) is 0 Å². The lowest BCUT2D eigenvalue weighted by molar-refractivity contribution is 0.742. The Balaban J connectivity index is 2.16. The number of nitrogens with zero attached hydrogens (tertiary/aromatic N) is 1. The monoisotopic (exact) mass is 164 g/mol. The van der Waals surface area contributed by atoms with Gasteiger partial charge in [0.15, 0.2) is 0 Å². The van der Waals surface area contributed by atoms with Crippen molar-refractivity contribution in [3.8, 4) is 0 Å². The summed E-state index contributed by atoms with van der Waals surface area (Å²) in [6, 6.07) is 5.92. The number of rotatable bonds is 5. The molecule has 0 unspecified atom stereocenters. The maximum atomic E-state index is 4.17. The molecule has 1 heterocycles. The summed E-state index contributed by atoms with van der Waals surface area (Å²) in [4.78, 5) is 4.17. The Bertz CT molecular complexity index is 196. The van der Waals surface area contributed by atoms with Crippen LogP contribution in [-0.2, 0) is 0 Å². The van der Waals surface area contributed by atoms with Gasteiger partial charge >= 0.3 is 0 Å². The van der Waals surface area contributed by atoms with Crippen LogP contribution >= 0.6 is 0 Å². The van der Waals surface area contributed by atoms with Crippen LogP contribution in [0.4, 0.5) is 5.82 Å². The molecule has 0 aliphatic heterocycles. The van der Waals surface area contributed by atoms with Gasteiger partial charge in [0.1, 0.15) is 5.82 Å². The molecule has 0 saturated heterocycles. The molecule has 0 aromatic carbocycles. The molecular weight excluding hydrogens is 148 g/mol. The van der Waals surface area contributed by atoms with Crippen molar-refractivity contribution in [1.82, 2.24) is 4.98 Å². The van der Waals surface area contributed by atoms with Crippen molar-refractivity contribution >= 4 is 5.82 Å². The lowest BCUT2D eigenvalue weighted by atomic mass is 10.2. The highest BCUT2D eigenvalue weighted by Crippen LogP contribution is 2.00. The highest BCUT2D eigenvalue weighted by atomic mass is 15.0. The van der Waals surface area contributed by atoms with Gasteiger partial charge in [-0.1, -0.05) is 25.8 Å². The minimum atomic E-state index is 0.980. The summed E-state index contributed by atoms with van der Waals surface area (Å²) < 4.78 is 0. The van der Waals surface area contributed by atoms with Gasteiger partial charge in [0, 0.05) is 12.7 Å². The van der Waals surface area contributed by atoms with Crippen LogP contribution in [0, 0.1) is 0 Å². The highest BCUT2D eigenvalue weighted by Gasteiger charge is 1.89. The second-order valence-electron chi connectivity index (χ2n) is 2.85. The molecule has 12 heavy (non-hydrogen) atoms. The van der Waals surface area contributed by atoms with Gasteiger partial charge in [0.05, 0.1) is 0 Å². The molecule has 1 rings (SSSR count). The predicted molar refractivity (Wildman–Crippen MR) is 52.3 cm³/mol. The van der Waals surface area contributed by atoms with Crippen LogP contribution < -0.4 is 5.32 Å². The highest BCUT2D eigenvalue weighted by molar-refractivity contribution is 5.32. The molecule has 66 valence electrons. The molecule has 1 aromatic heterocycles. The fourth-order valence-electron chi connectivity index (χ4n) is 1.06. The van der Waals surface area contributed by atoms with Gasteiger partial charge in [-0.3, -0.25) is 0 Å². The quantitative estimate of drug-likeness (QED) is 0.677. The van der Waals surface area contributed by atoms with E-state index in [1.54, 1.807) is 0 Å². The Morgan fingerprint density at radius 2 is 2.25 bits per heavy atom. The summed E-state index contributed by atoms with van der Waals surface area (Å²) in [7, 11) is 0. The van der Waals surface area contributed by atoms with Gasteiger partial charge in [-0.25, -0.2) is 4.98 Å². The number of hydrogen-bond donors (Lipinski definition) is 1. The maximum absolute atomic E-state index is 4.17. The SMILES string of the molecule is CCCCCNc1ccccn1. The van der Waals surface area contributed by atoms with Gasteiger partial charge in [-0.15, -0.1) is 0 Å². The van der Waals surface area contributed by atoms with Gasteiger partial charge in [-0.05, 0) is 18.6 Å². The fraction of sp³-hybridized carbons (Fsp3) is 0.500. The summed E-state index contributed by atoms with van der Waals surface area (Å²) in [5.74, 6) is 0.980. The summed E-state index contributed by atoms with van der Waals surface area (Å²) >= 11 is 0. The Labute approximate surface area is 74.0 Å². The summed E-state index contributed by atoms with van der Waals surface area (Å²) in [5.41, 5.74) is 0. The number of hydrogen-bond acceptors (Lipinski definition) is 2. The van der Waals surface area contributed by atoms with Crippen molar-refractivity contribution in [2.45, 2.75) is 26.2 Å². The second kappa shape index (κ2) is 5.58. The van der Waals surface area contributed by atoms with Crippen LogP contribution in [0.25, 0.3) is 0 Å². The van der Waals surface area contributed by atoms with E-state index in [1.165, 1.54) is 19.3 Å². The molecule has 1 N–H and O–H groups in total. The Morgan fingerprint density at radius 3 is 2.92 bits per heavy atom. The van der Waals surface area contributed by atoms with Crippen molar-refractivity contribution in [3.63, 3.8) is 0 Å². The zero-order valence-corrected chi connectivity index (χ0v) is 7.59. The number of nitrogens with one attached hydrogen (secondary N) is 1. The van der Waals surface area contributed by atoms with Crippen molar-refractivity contribution in [1.29, 1.82) is 0 Å². The van der Waals surface area contributed by atoms with Crippen LogP contribution in [-0.4, -0.2) is 11.5 Å². The zero-order chi connectivity index (χ0) is 8.65. The van der Waals surface area contributed by atoms with E-state index in [1.807, 2.05) is 24.4 Å². The predicted octanol–water partition coefficient (Wildman–Crippen LogP) is 2.68. The van der Waals surface area contributed by atoms with Gasteiger partial charge in [0.25, 0.3) is 0 Å². The second-order valence-corrected chi connectivity index (χ2v) is 2.85. The molecule has 1 aromatic rings. The first-order chi connectivity index (χ1) is 5.93. The van der Waals surface area contributed by atoms with Gasteiger partial charge < -0.3 is 5.32 Å². The smallest absolute Gasteiger partial charge is 0.125 e. The van der Waals surface area contributed by atoms with E-state index in [2.05, 4.69) is 17.2 Å². The molecule has 2 nitrogen and oxygen atoms in total. The number of unbranched alkanes of at least 4 members (excludes halogenated alkanes) is 2. The molecule has 0 radical (unpaired) electrons. The van der Waals surface area contributed by atoms with Crippen LogP contribution in [0.2, 0.25) is 0 Å². The van der Waals surface area contributed by atoms with E-state index in [0.29, 0.717) is 0 Å². The third-order valence-electron chi connectivity index (χ3n) is 1.75. The van der Waals surface area contributed by atoms with Crippen molar-refractivity contribution < 1.29 is 0 Å². The molecule has 0 amide bonds. The van der Waals surface area contributed by atoms with E-state index in [-0.39, 0.29) is 0 Å². The molecule has 0 aliphatic rings. The average molecular weight is 164 g/mol. The van der Waals surface area contributed by atoms with Crippen molar-refractivity contribution in [2.75, 3.05) is 11.9 Å². The van der Waals surface area contributed by atoms with Crippen LogP contribution in [0.3, 0.4) is 0 Å². The molecule has 2 heteroatoms. The minimum Gasteiger partial charge on any atom is -0.370 e. The van der Waals surface area contributed by atoms with E-state index < -0.39 is 0 Å². The first-order valence-electron chi connectivity index (χ1n) is 4.58. The summed E-state index contributed by atoms with van der Waals surface area (Å²) in [5, 5.41) is 3.27. The number of anilines is 1.